The van der Waals surface area contributed by atoms with Gasteiger partial charge in [-0.15, -0.1) is 0 Å². The van der Waals surface area contributed by atoms with Gasteiger partial charge in [0.2, 0.25) is 11.8 Å². The number of carbonyl (C=O) groups is 3. The number of hydrogen-bond donors (Lipinski definition) is 1. The zero-order valence-electron chi connectivity index (χ0n) is 21.4. The second kappa shape index (κ2) is 10.6. The smallest absolute Gasteiger partial charge is 0.336 e. The molecule has 1 aliphatic heterocycles. The highest BCUT2D eigenvalue weighted by Gasteiger charge is 2.46. The molecule has 0 radical (unpaired) electrons. The fourth-order valence-electron chi connectivity index (χ4n) is 4.85. The summed E-state index contributed by atoms with van der Waals surface area (Å²) >= 11 is 0. The van der Waals surface area contributed by atoms with E-state index in [0.29, 0.717) is 0 Å². The Kier molecular flexibility index (Phi) is 7.69. The lowest BCUT2D eigenvalue weighted by atomic mass is 10.0. The molecule has 2 heterocycles. The van der Waals surface area contributed by atoms with Gasteiger partial charge < -0.3 is 9.80 Å². The Morgan fingerprint density at radius 1 is 1.15 bits per heavy atom. The highest BCUT2D eigenvalue weighted by atomic mass is 19.4. The van der Waals surface area contributed by atoms with Crippen molar-refractivity contribution in [3.63, 3.8) is 0 Å². The van der Waals surface area contributed by atoms with E-state index >= 15 is 0 Å². The zero-order valence-corrected chi connectivity index (χ0v) is 21.4. The van der Waals surface area contributed by atoms with Crippen molar-refractivity contribution in [1.29, 1.82) is 0 Å². The van der Waals surface area contributed by atoms with E-state index in [2.05, 4.69) is 4.84 Å². The summed E-state index contributed by atoms with van der Waals surface area (Å²) in [7, 11) is 0. The van der Waals surface area contributed by atoms with E-state index in [1.807, 2.05) is 5.10 Å². The molecule has 1 aliphatic carbocycles. The Labute approximate surface area is 223 Å². The number of hydrogen-bond acceptors (Lipinski definition) is 5. The van der Waals surface area contributed by atoms with Crippen molar-refractivity contribution in [2.45, 2.75) is 57.7 Å². The zero-order chi connectivity index (χ0) is 29.6. The number of H-pyrrole nitrogens is 1. The van der Waals surface area contributed by atoms with E-state index in [9.17, 15) is 45.5 Å². The van der Waals surface area contributed by atoms with Crippen LogP contribution in [0.4, 0.5) is 26.3 Å². The molecule has 1 aromatic heterocycles. The lowest BCUT2D eigenvalue weighted by Gasteiger charge is -2.37. The van der Waals surface area contributed by atoms with Gasteiger partial charge in [-0.3, -0.25) is 14.4 Å². The van der Waals surface area contributed by atoms with Gasteiger partial charge in [-0.05, 0) is 38.0 Å². The van der Waals surface area contributed by atoms with Crippen molar-refractivity contribution in [3.8, 4) is 0 Å². The third-order valence-corrected chi connectivity index (χ3v) is 7.19. The predicted molar refractivity (Wildman–Crippen MR) is 124 cm³/mol. The summed E-state index contributed by atoms with van der Waals surface area (Å²) in [5.74, 6) is -7.74. The maximum atomic E-state index is 14.7. The predicted octanol–water partition coefficient (Wildman–Crippen LogP) is 2.00. The minimum atomic E-state index is -5.35. The summed E-state index contributed by atoms with van der Waals surface area (Å²) in [6.45, 7) is 2.38. The molecule has 216 valence electrons. The molecule has 1 saturated carbocycles. The fourth-order valence-corrected chi connectivity index (χ4v) is 4.85. The van der Waals surface area contributed by atoms with Crippen LogP contribution in [0.1, 0.15) is 52.0 Å². The number of aromatic amines is 1. The molecule has 2 aromatic rings. The first-order valence-corrected chi connectivity index (χ1v) is 12.3. The molecule has 4 rings (SSSR count). The number of benzene rings is 1. The molecular weight excluding hydrogens is 550 g/mol. The Morgan fingerprint density at radius 2 is 1.85 bits per heavy atom. The third kappa shape index (κ3) is 5.97. The molecule has 0 spiro atoms. The van der Waals surface area contributed by atoms with E-state index in [0.717, 1.165) is 17.0 Å². The van der Waals surface area contributed by atoms with Gasteiger partial charge in [0.15, 0.2) is 0 Å². The van der Waals surface area contributed by atoms with E-state index in [1.54, 1.807) is 0 Å². The fraction of sp³-hybridized carbons (Fsp3) is 0.480. The normalized spacial score (nSPS) is 19.2. The van der Waals surface area contributed by atoms with Crippen molar-refractivity contribution < 1.29 is 50.4 Å². The molecule has 2 aliphatic rings. The molecule has 0 bridgehead atoms. The second-order valence-electron chi connectivity index (χ2n) is 9.87. The van der Waals surface area contributed by atoms with Crippen LogP contribution in [-0.4, -0.2) is 70.5 Å². The van der Waals surface area contributed by atoms with E-state index < -0.39 is 65.8 Å². The van der Waals surface area contributed by atoms with Gasteiger partial charge in [0.25, 0.3) is 11.6 Å². The number of rotatable bonds is 5. The second-order valence-corrected chi connectivity index (χ2v) is 9.87. The molecule has 2 fully saturated rings. The monoisotopic (exact) mass is 575 g/mol. The quantitative estimate of drug-likeness (QED) is 0.434. The van der Waals surface area contributed by atoms with Crippen LogP contribution < -0.4 is 15.2 Å². The van der Waals surface area contributed by atoms with Crippen LogP contribution in [0.15, 0.2) is 23.0 Å². The lowest BCUT2D eigenvalue weighted by molar-refractivity contribution is -0.921. The van der Waals surface area contributed by atoms with Crippen LogP contribution in [0, 0.1) is 19.7 Å². The van der Waals surface area contributed by atoms with Crippen LogP contribution in [0.25, 0.3) is 0 Å². The molecule has 15 heteroatoms. The molecule has 2 amide bonds. The SMILES string of the molecule is Cc1c(C)c(=O)[nH][n+](OC(=O)C(F)(F)F)c1Cc1ccc(F)c(C(=O)N2CCN(C3CCC(F)(F)C3)C(=O)C2)c1. The van der Waals surface area contributed by atoms with Crippen LogP contribution in [0.5, 0.6) is 0 Å². The van der Waals surface area contributed by atoms with Crippen LogP contribution in [0.2, 0.25) is 0 Å². The van der Waals surface area contributed by atoms with Gasteiger partial charge >= 0.3 is 17.7 Å². The van der Waals surface area contributed by atoms with Gasteiger partial charge in [-0.2, -0.15) is 18.0 Å². The molecular formula is C25H25F6N4O5+. The maximum absolute atomic E-state index is 14.7. The van der Waals surface area contributed by atoms with Crippen molar-refractivity contribution in [1.82, 2.24) is 14.9 Å². The van der Waals surface area contributed by atoms with Gasteiger partial charge in [0, 0.05) is 43.1 Å². The number of piperazine rings is 1. The average molecular weight is 575 g/mol. The summed E-state index contributed by atoms with van der Waals surface area (Å²) in [5.41, 5.74) is -0.773. The number of halogens is 6. The summed E-state index contributed by atoms with van der Waals surface area (Å²) in [5, 5.41) is 2.03. The minimum Gasteiger partial charge on any atom is -0.336 e. The summed E-state index contributed by atoms with van der Waals surface area (Å²) < 4.78 is 80.3. The molecule has 9 nitrogen and oxygen atoms in total. The Balaban J connectivity index is 1.56. The Bertz CT molecular complexity index is 1420. The molecule has 1 unspecified atom stereocenters. The summed E-state index contributed by atoms with van der Waals surface area (Å²) in [6, 6.07) is 2.72. The topological polar surface area (TPSA) is 104 Å². The largest absolute Gasteiger partial charge is 0.498 e. The molecule has 40 heavy (non-hydrogen) atoms. The number of alkyl halides is 5. The van der Waals surface area contributed by atoms with Crippen molar-refractivity contribution in [3.05, 3.63) is 62.3 Å². The number of aromatic nitrogens is 2. The van der Waals surface area contributed by atoms with Crippen molar-refractivity contribution >= 4 is 17.8 Å². The van der Waals surface area contributed by atoms with Crippen LogP contribution in [-0.2, 0) is 16.0 Å². The highest BCUT2D eigenvalue weighted by molar-refractivity contribution is 5.97. The minimum absolute atomic E-state index is 0.00700. The number of nitrogens with one attached hydrogen (secondary N) is 1. The third-order valence-electron chi connectivity index (χ3n) is 7.19. The highest BCUT2D eigenvalue weighted by Crippen LogP contribution is 2.37. The van der Waals surface area contributed by atoms with Gasteiger partial charge in [0.05, 0.1) is 12.0 Å². The van der Waals surface area contributed by atoms with Gasteiger partial charge in [0.1, 0.15) is 17.2 Å². The average Bonchev–Trinajstić information content (AvgIpc) is 3.24. The molecule has 1 aromatic carbocycles. The maximum Gasteiger partial charge on any atom is 0.498 e. The summed E-state index contributed by atoms with van der Waals surface area (Å²) in [6.07, 6.45) is -6.27. The number of amides is 2. The first-order valence-electron chi connectivity index (χ1n) is 12.3. The summed E-state index contributed by atoms with van der Waals surface area (Å²) in [4.78, 5) is 56.4. The van der Waals surface area contributed by atoms with Crippen molar-refractivity contribution in [2.75, 3.05) is 19.6 Å². The van der Waals surface area contributed by atoms with E-state index in [-0.39, 0.29) is 59.6 Å². The van der Waals surface area contributed by atoms with E-state index in [4.69, 9.17) is 0 Å². The molecule has 1 N–H and O–H groups in total. The standard InChI is InChI=1S/C25H24F6N4O5/c1-13-14(2)21(37)32-35(40-23(39)25(29,30)31)19(13)10-15-3-4-18(26)17(9-15)22(38)33-7-8-34(20(36)12-33)16-5-6-24(27,28)11-16/h3-4,9,16H,5-8,10-12H2,1-2H3/p+1. The first-order chi connectivity index (χ1) is 18.6. The van der Waals surface area contributed by atoms with Crippen LogP contribution in [0.3, 0.4) is 0 Å². The van der Waals surface area contributed by atoms with Crippen molar-refractivity contribution in [2.24, 2.45) is 0 Å². The lowest BCUT2D eigenvalue weighted by Crippen LogP contribution is -2.58. The Hall–Kier alpha value is -3.91. The first kappa shape index (κ1) is 29.1. The number of nitrogens with zero attached hydrogens (tertiary/aromatic N) is 3. The van der Waals surface area contributed by atoms with Crippen LogP contribution >= 0.6 is 0 Å². The Morgan fingerprint density at radius 3 is 2.45 bits per heavy atom. The number of carbonyl (C=O) groups excluding carboxylic acids is 3. The van der Waals surface area contributed by atoms with Gasteiger partial charge in [-0.25, -0.2) is 18.0 Å². The molecule has 1 saturated heterocycles. The molecule has 1 atom stereocenters. The van der Waals surface area contributed by atoms with E-state index in [1.165, 1.54) is 24.8 Å². The van der Waals surface area contributed by atoms with Gasteiger partial charge in [-0.1, -0.05) is 11.2 Å².